The van der Waals surface area contributed by atoms with Gasteiger partial charge in [-0.1, -0.05) is 76.5 Å². The summed E-state index contributed by atoms with van der Waals surface area (Å²) in [5.74, 6) is 0. The molecule has 0 heterocycles. The third kappa shape index (κ3) is 9.04. The molecule has 0 heteroatoms. The maximum atomic E-state index is 2.36. The fraction of sp³-hybridized carbons (Fsp3) is 0.556. The van der Waals surface area contributed by atoms with E-state index in [1.54, 1.807) is 0 Å². The van der Waals surface area contributed by atoms with E-state index in [0.717, 1.165) is 12.8 Å². The molecule has 102 valence electrons. The van der Waals surface area contributed by atoms with Gasteiger partial charge in [-0.15, -0.1) is 0 Å². The smallest absolute Gasteiger partial charge is 0.0270 e. The van der Waals surface area contributed by atoms with Crippen LogP contribution in [0.3, 0.4) is 0 Å². The van der Waals surface area contributed by atoms with Gasteiger partial charge in [0.25, 0.3) is 0 Å². The number of allylic oxidation sites excluding steroid dienone is 8. The summed E-state index contributed by atoms with van der Waals surface area (Å²) in [6, 6.07) is 0. The largest absolute Gasteiger partial charge is 0.0848 e. The van der Waals surface area contributed by atoms with Crippen molar-refractivity contribution < 1.29 is 0 Å². The van der Waals surface area contributed by atoms with Crippen LogP contribution in [0.4, 0.5) is 0 Å². The lowest BCUT2D eigenvalue weighted by atomic mass is 10.0. The van der Waals surface area contributed by atoms with Crippen LogP contribution in [0.2, 0.25) is 0 Å². The van der Waals surface area contributed by atoms with Gasteiger partial charge >= 0.3 is 0 Å². The first kappa shape index (κ1) is 17.0. The quantitative estimate of drug-likeness (QED) is 0.327. The molecule has 0 aliphatic rings. The standard InChI is InChI=1S/C18H30/c1-5-8-11-13-16-18(15-10-7-3)17(4)14-12-9-6-2/h9,12-16H,5-8,10-11H2,1-4H3. The van der Waals surface area contributed by atoms with E-state index in [-0.39, 0.29) is 0 Å². The van der Waals surface area contributed by atoms with Crippen molar-refractivity contribution in [1.82, 2.24) is 0 Å². The summed E-state index contributed by atoms with van der Waals surface area (Å²) in [4.78, 5) is 0. The average Bonchev–Trinajstić information content (AvgIpc) is 2.38. The van der Waals surface area contributed by atoms with Crippen LogP contribution in [0.1, 0.15) is 66.2 Å². The highest BCUT2D eigenvalue weighted by atomic mass is 14.0. The lowest BCUT2D eigenvalue weighted by Crippen LogP contribution is -1.82. The van der Waals surface area contributed by atoms with E-state index < -0.39 is 0 Å². The van der Waals surface area contributed by atoms with Crippen LogP contribution in [-0.4, -0.2) is 0 Å². The van der Waals surface area contributed by atoms with Gasteiger partial charge in [-0.25, -0.2) is 0 Å². The van der Waals surface area contributed by atoms with Crippen molar-refractivity contribution >= 4 is 0 Å². The maximum absolute atomic E-state index is 2.36. The molecule has 0 N–H and O–H groups in total. The van der Waals surface area contributed by atoms with Crippen molar-refractivity contribution in [3.05, 3.63) is 47.6 Å². The van der Waals surface area contributed by atoms with E-state index >= 15 is 0 Å². The zero-order chi connectivity index (χ0) is 13.6. The molecule has 0 saturated heterocycles. The van der Waals surface area contributed by atoms with Crippen LogP contribution in [0, 0.1) is 0 Å². The summed E-state index contributed by atoms with van der Waals surface area (Å²) in [5.41, 5.74) is 2.75. The van der Waals surface area contributed by atoms with Gasteiger partial charge in [0.05, 0.1) is 0 Å². The Morgan fingerprint density at radius 1 is 0.944 bits per heavy atom. The van der Waals surface area contributed by atoms with Gasteiger partial charge in [-0.2, -0.15) is 0 Å². The Kier molecular flexibility index (Phi) is 11.7. The second-order valence-electron chi connectivity index (χ2n) is 4.68. The van der Waals surface area contributed by atoms with Crippen molar-refractivity contribution in [3.8, 4) is 0 Å². The van der Waals surface area contributed by atoms with Crippen LogP contribution in [0.25, 0.3) is 0 Å². The Bertz CT molecular complexity index is 300. The van der Waals surface area contributed by atoms with E-state index in [2.05, 4.69) is 64.2 Å². The van der Waals surface area contributed by atoms with E-state index in [1.165, 1.54) is 36.8 Å². The summed E-state index contributed by atoms with van der Waals surface area (Å²) in [5, 5.41) is 0. The van der Waals surface area contributed by atoms with Crippen molar-refractivity contribution in [3.63, 3.8) is 0 Å². The third-order valence-electron chi connectivity index (χ3n) is 2.85. The minimum Gasteiger partial charge on any atom is -0.0848 e. The normalized spacial score (nSPS) is 14.0. The van der Waals surface area contributed by atoms with Gasteiger partial charge in [0.2, 0.25) is 0 Å². The molecule has 18 heavy (non-hydrogen) atoms. The SMILES string of the molecule is CCC=CC=C(C)C(C=CCCCC)=CCCC. The molecular weight excluding hydrogens is 216 g/mol. The topological polar surface area (TPSA) is 0 Å². The molecule has 0 radical (unpaired) electrons. The molecule has 0 unspecified atom stereocenters. The molecule has 0 nitrogen and oxygen atoms in total. The van der Waals surface area contributed by atoms with Crippen molar-refractivity contribution in [2.75, 3.05) is 0 Å². The molecule has 0 aliphatic heterocycles. The molecule has 0 aromatic heterocycles. The fourth-order valence-corrected chi connectivity index (χ4v) is 1.64. The van der Waals surface area contributed by atoms with Gasteiger partial charge in [-0.3, -0.25) is 0 Å². The van der Waals surface area contributed by atoms with E-state index in [9.17, 15) is 0 Å². The second-order valence-corrected chi connectivity index (χ2v) is 4.68. The van der Waals surface area contributed by atoms with Crippen LogP contribution in [-0.2, 0) is 0 Å². The lowest BCUT2D eigenvalue weighted by molar-refractivity contribution is 0.814. The fourth-order valence-electron chi connectivity index (χ4n) is 1.64. The van der Waals surface area contributed by atoms with Gasteiger partial charge in [0.15, 0.2) is 0 Å². The Morgan fingerprint density at radius 3 is 2.33 bits per heavy atom. The predicted molar refractivity (Wildman–Crippen MR) is 84.8 cm³/mol. The molecule has 0 amide bonds. The summed E-state index contributed by atoms with van der Waals surface area (Å²) < 4.78 is 0. The molecular formula is C18H30. The van der Waals surface area contributed by atoms with E-state index in [0.29, 0.717) is 0 Å². The molecule has 0 rings (SSSR count). The minimum atomic E-state index is 1.10. The molecule has 0 aliphatic carbocycles. The number of hydrogen-bond donors (Lipinski definition) is 0. The predicted octanol–water partition coefficient (Wildman–Crippen LogP) is 6.37. The lowest BCUT2D eigenvalue weighted by Gasteiger charge is -2.02. The first-order valence-electron chi connectivity index (χ1n) is 7.46. The van der Waals surface area contributed by atoms with E-state index in [4.69, 9.17) is 0 Å². The summed E-state index contributed by atoms with van der Waals surface area (Å²) in [6.45, 7) is 8.83. The van der Waals surface area contributed by atoms with E-state index in [1.807, 2.05) is 0 Å². The number of unbranched alkanes of at least 4 members (excludes halogenated alkanes) is 3. The zero-order valence-electron chi connectivity index (χ0n) is 12.7. The van der Waals surface area contributed by atoms with Gasteiger partial charge in [0.1, 0.15) is 0 Å². The van der Waals surface area contributed by atoms with Crippen LogP contribution < -0.4 is 0 Å². The molecule has 0 saturated carbocycles. The zero-order valence-corrected chi connectivity index (χ0v) is 12.7. The van der Waals surface area contributed by atoms with Gasteiger partial charge < -0.3 is 0 Å². The summed E-state index contributed by atoms with van der Waals surface area (Å²) in [6.07, 6.45) is 20.8. The number of rotatable bonds is 9. The Hall–Kier alpha value is -1.04. The molecule has 0 atom stereocenters. The van der Waals surface area contributed by atoms with Crippen LogP contribution >= 0.6 is 0 Å². The van der Waals surface area contributed by atoms with Crippen molar-refractivity contribution in [2.45, 2.75) is 66.2 Å². The minimum absolute atomic E-state index is 1.10. The monoisotopic (exact) mass is 246 g/mol. The summed E-state index contributed by atoms with van der Waals surface area (Å²) >= 11 is 0. The van der Waals surface area contributed by atoms with Gasteiger partial charge in [-0.05, 0) is 37.3 Å². The molecule has 0 aromatic carbocycles. The second kappa shape index (κ2) is 12.4. The molecule has 0 aromatic rings. The van der Waals surface area contributed by atoms with Crippen LogP contribution in [0.5, 0.6) is 0 Å². The van der Waals surface area contributed by atoms with Gasteiger partial charge in [0, 0.05) is 0 Å². The van der Waals surface area contributed by atoms with Crippen LogP contribution in [0.15, 0.2) is 47.6 Å². The summed E-state index contributed by atoms with van der Waals surface area (Å²) in [7, 11) is 0. The average molecular weight is 246 g/mol. The van der Waals surface area contributed by atoms with Crippen molar-refractivity contribution in [1.29, 1.82) is 0 Å². The molecule has 0 bridgehead atoms. The highest BCUT2D eigenvalue weighted by Gasteiger charge is 1.94. The molecule has 0 spiro atoms. The number of hydrogen-bond acceptors (Lipinski definition) is 0. The molecule has 0 fully saturated rings. The first-order valence-corrected chi connectivity index (χ1v) is 7.46. The highest BCUT2D eigenvalue weighted by molar-refractivity contribution is 5.40. The first-order chi connectivity index (χ1) is 8.76. The Labute approximate surface area is 114 Å². The maximum Gasteiger partial charge on any atom is -0.0270 e. The van der Waals surface area contributed by atoms with Crippen molar-refractivity contribution in [2.24, 2.45) is 0 Å². The highest BCUT2D eigenvalue weighted by Crippen LogP contribution is 2.14. The Morgan fingerprint density at radius 2 is 1.72 bits per heavy atom. The third-order valence-corrected chi connectivity index (χ3v) is 2.85. The Balaban J connectivity index is 4.61.